The molecule has 1 aliphatic rings. The van der Waals surface area contributed by atoms with Crippen LogP contribution >= 0.6 is 0 Å². The van der Waals surface area contributed by atoms with Gasteiger partial charge in [-0.15, -0.1) is 0 Å². The summed E-state index contributed by atoms with van der Waals surface area (Å²) in [5.74, 6) is 0. The van der Waals surface area contributed by atoms with Gasteiger partial charge in [-0.05, 0) is 25.5 Å². The Hall–Kier alpha value is -0.860. The average molecular weight is 274 g/mol. The molecule has 0 bridgehead atoms. The maximum atomic E-state index is 2.64. The lowest BCUT2D eigenvalue weighted by Gasteiger charge is -2.34. The normalized spacial score (nSPS) is 17.5. The molecule has 0 radical (unpaired) electrons. The number of piperazine rings is 1. The maximum absolute atomic E-state index is 2.64. The van der Waals surface area contributed by atoms with Crippen LogP contribution in [0.4, 0.5) is 0 Å². The van der Waals surface area contributed by atoms with Crippen LogP contribution in [-0.2, 0) is 6.54 Å². The Labute approximate surface area is 124 Å². The fraction of sp³-hybridized carbons (Fsp3) is 0.667. The van der Waals surface area contributed by atoms with Crippen molar-refractivity contribution < 1.29 is 0 Å². The van der Waals surface area contributed by atoms with Crippen molar-refractivity contribution in [2.75, 3.05) is 32.7 Å². The number of nitrogens with zero attached hydrogens (tertiary/aromatic N) is 2. The van der Waals surface area contributed by atoms with Crippen LogP contribution in [0.15, 0.2) is 24.3 Å². The van der Waals surface area contributed by atoms with Gasteiger partial charge in [0.05, 0.1) is 0 Å². The minimum atomic E-state index is 1.12. The summed E-state index contributed by atoms with van der Waals surface area (Å²) >= 11 is 0. The van der Waals surface area contributed by atoms with E-state index in [-0.39, 0.29) is 0 Å². The highest BCUT2D eigenvalue weighted by molar-refractivity contribution is 5.21. The van der Waals surface area contributed by atoms with Crippen LogP contribution in [0.3, 0.4) is 0 Å². The standard InChI is InChI=1S/C18H30N2/c1-3-4-5-6-11-19-12-14-20(15-13-19)16-18-9-7-17(2)8-10-18/h7-10H,3-6,11-16H2,1-2H3. The Morgan fingerprint density at radius 2 is 1.50 bits per heavy atom. The van der Waals surface area contributed by atoms with E-state index >= 15 is 0 Å². The van der Waals surface area contributed by atoms with Crippen LogP contribution in [-0.4, -0.2) is 42.5 Å². The van der Waals surface area contributed by atoms with Gasteiger partial charge >= 0.3 is 0 Å². The van der Waals surface area contributed by atoms with Gasteiger partial charge in [0.15, 0.2) is 0 Å². The Morgan fingerprint density at radius 1 is 0.850 bits per heavy atom. The number of aryl methyl sites for hydroxylation is 1. The maximum Gasteiger partial charge on any atom is 0.0234 e. The smallest absolute Gasteiger partial charge is 0.0234 e. The summed E-state index contributed by atoms with van der Waals surface area (Å²) in [7, 11) is 0. The highest BCUT2D eigenvalue weighted by Gasteiger charge is 2.16. The Balaban J connectivity index is 1.65. The van der Waals surface area contributed by atoms with Crippen LogP contribution < -0.4 is 0 Å². The first-order valence-electron chi connectivity index (χ1n) is 8.28. The fourth-order valence-electron chi connectivity index (χ4n) is 2.88. The highest BCUT2D eigenvalue weighted by Crippen LogP contribution is 2.10. The Bertz CT molecular complexity index is 364. The molecule has 1 aliphatic heterocycles. The lowest BCUT2D eigenvalue weighted by atomic mass is 10.1. The second-order valence-electron chi connectivity index (χ2n) is 6.16. The fourth-order valence-corrected chi connectivity index (χ4v) is 2.88. The largest absolute Gasteiger partial charge is 0.301 e. The molecule has 1 aromatic carbocycles. The van der Waals surface area contributed by atoms with E-state index < -0.39 is 0 Å². The van der Waals surface area contributed by atoms with Gasteiger partial charge in [0.25, 0.3) is 0 Å². The quantitative estimate of drug-likeness (QED) is 0.700. The van der Waals surface area contributed by atoms with Crippen LogP contribution in [0.1, 0.15) is 43.7 Å². The van der Waals surface area contributed by atoms with Crippen molar-refractivity contribution in [3.8, 4) is 0 Å². The second kappa shape index (κ2) is 8.43. The Kier molecular flexibility index (Phi) is 6.55. The van der Waals surface area contributed by atoms with Crippen molar-refractivity contribution in [2.24, 2.45) is 0 Å². The Morgan fingerprint density at radius 3 is 2.15 bits per heavy atom. The van der Waals surface area contributed by atoms with E-state index in [0.29, 0.717) is 0 Å². The first kappa shape index (κ1) is 15.5. The van der Waals surface area contributed by atoms with Crippen LogP contribution in [0.25, 0.3) is 0 Å². The molecule has 0 aliphatic carbocycles. The van der Waals surface area contributed by atoms with E-state index in [2.05, 4.69) is 47.9 Å². The molecule has 20 heavy (non-hydrogen) atoms. The van der Waals surface area contributed by atoms with E-state index in [9.17, 15) is 0 Å². The third kappa shape index (κ3) is 5.26. The van der Waals surface area contributed by atoms with Gasteiger partial charge in [-0.3, -0.25) is 4.90 Å². The minimum Gasteiger partial charge on any atom is -0.301 e. The summed E-state index contributed by atoms with van der Waals surface area (Å²) in [4.78, 5) is 5.23. The summed E-state index contributed by atoms with van der Waals surface area (Å²) < 4.78 is 0. The number of unbranched alkanes of at least 4 members (excludes halogenated alkanes) is 3. The van der Waals surface area contributed by atoms with Gasteiger partial charge in [0.1, 0.15) is 0 Å². The molecule has 0 unspecified atom stereocenters. The summed E-state index contributed by atoms with van der Waals surface area (Å²) in [6, 6.07) is 8.98. The molecule has 0 saturated carbocycles. The van der Waals surface area contributed by atoms with Crippen LogP contribution in [0.2, 0.25) is 0 Å². The first-order chi connectivity index (χ1) is 9.78. The molecule has 2 rings (SSSR count). The molecule has 2 nitrogen and oxygen atoms in total. The zero-order valence-electron chi connectivity index (χ0n) is 13.3. The SMILES string of the molecule is CCCCCCN1CCN(Cc2ccc(C)cc2)CC1. The van der Waals surface area contributed by atoms with Gasteiger partial charge in [-0.2, -0.15) is 0 Å². The van der Waals surface area contributed by atoms with E-state index in [1.807, 2.05) is 0 Å². The number of hydrogen-bond acceptors (Lipinski definition) is 2. The molecule has 1 saturated heterocycles. The van der Waals surface area contributed by atoms with Gasteiger partial charge < -0.3 is 4.90 Å². The van der Waals surface area contributed by atoms with Crippen molar-refractivity contribution in [1.29, 1.82) is 0 Å². The molecular formula is C18H30N2. The van der Waals surface area contributed by atoms with E-state index in [0.717, 1.165) is 6.54 Å². The zero-order chi connectivity index (χ0) is 14.2. The van der Waals surface area contributed by atoms with Crippen LogP contribution in [0, 0.1) is 6.92 Å². The zero-order valence-corrected chi connectivity index (χ0v) is 13.3. The first-order valence-corrected chi connectivity index (χ1v) is 8.28. The summed E-state index contributed by atoms with van der Waals surface area (Å²) in [6.45, 7) is 11.8. The predicted octanol–water partition coefficient (Wildman–Crippen LogP) is 3.69. The van der Waals surface area contributed by atoms with E-state index in [1.54, 1.807) is 0 Å². The molecular weight excluding hydrogens is 244 g/mol. The topological polar surface area (TPSA) is 6.48 Å². The lowest BCUT2D eigenvalue weighted by Crippen LogP contribution is -2.46. The molecule has 112 valence electrons. The molecule has 1 heterocycles. The summed E-state index contributed by atoms with van der Waals surface area (Å²) in [6.07, 6.45) is 5.52. The van der Waals surface area contributed by atoms with Crippen molar-refractivity contribution in [3.63, 3.8) is 0 Å². The van der Waals surface area contributed by atoms with Crippen molar-refractivity contribution in [1.82, 2.24) is 9.80 Å². The van der Waals surface area contributed by atoms with Crippen LogP contribution in [0.5, 0.6) is 0 Å². The van der Waals surface area contributed by atoms with E-state index in [1.165, 1.54) is 69.5 Å². The molecule has 0 spiro atoms. The van der Waals surface area contributed by atoms with Gasteiger partial charge in [0, 0.05) is 32.7 Å². The average Bonchev–Trinajstić information content (AvgIpc) is 2.48. The van der Waals surface area contributed by atoms with Crippen molar-refractivity contribution in [3.05, 3.63) is 35.4 Å². The third-order valence-electron chi connectivity index (χ3n) is 4.32. The predicted molar refractivity (Wildman–Crippen MR) is 87.0 cm³/mol. The minimum absolute atomic E-state index is 1.12. The monoisotopic (exact) mass is 274 g/mol. The molecule has 0 atom stereocenters. The highest BCUT2D eigenvalue weighted by atomic mass is 15.3. The third-order valence-corrected chi connectivity index (χ3v) is 4.32. The second-order valence-corrected chi connectivity index (χ2v) is 6.16. The molecule has 1 aromatic rings. The molecule has 0 aromatic heterocycles. The number of hydrogen-bond donors (Lipinski definition) is 0. The van der Waals surface area contributed by atoms with Gasteiger partial charge in [-0.1, -0.05) is 56.0 Å². The molecule has 2 heteroatoms. The summed E-state index contributed by atoms with van der Waals surface area (Å²) in [5.41, 5.74) is 2.80. The van der Waals surface area contributed by atoms with Gasteiger partial charge in [-0.25, -0.2) is 0 Å². The number of benzene rings is 1. The molecule has 0 amide bonds. The molecule has 0 N–H and O–H groups in total. The lowest BCUT2D eigenvalue weighted by molar-refractivity contribution is 0.125. The number of rotatable bonds is 7. The molecule has 1 fully saturated rings. The van der Waals surface area contributed by atoms with E-state index in [4.69, 9.17) is 0 Å². The van der Waals surface area contributed by atoms with Crippen molar-refractivity contribution in [2.45, 2.75) is 46.1 Å². The summed E-state index contributed by atoms with van der Waals surface area (Å²) in [5, 5.41) is 0. The van der Waals surface area contributed by atoms with Gasteiger partial charge in [0.2, 0.25) is 0 Å². The van der Waals surface area contributed by atoms with Crippen molar-refractivity contribution >= 4 is 0 Å².